The van der Waals surface area contributed by atoms with Gasteiger partial charge in [-0.15, -0.1) is 0 Å². The van der Waals surface area contributed by atoms with E-state index in [1.54, 1.807) is 6.20 Å². The molecule has 0 radical (unpaired) electrons. The number of nitrogens with zero attached hydrogens (tertiary/aromatic N) is 2. The van der Waals surface area contributed by atoms with Crippen molar-refractivity contribution in [3.8, 4) is 0 Å². The molecule has 0 saturated carbocycles. The van der Waals surface area contributed by atoms with Gasteiger partial charge in [0, 0.05) is 25.9 Å². The lowest BCUT2D eigenvalue weighted by molar-refractivity contribution is 0.154. The second kappa shape index (κ2) is 6.53. The molecule has 1 N–H and O–H groups in total. The SMILES string of the molecule is Cc1ccc(CCC(O)CCc2nccn2C)cc1. The summed E-state index contributed by atoms with van der Waals surface area (Å²) in [5.74, 6) is 1.04. The van der Waals surface area contributed by atoms with Crippen LogP contribution in [-0.4, -0.2) is 20.8 Å². The van der Waals surface area contributed by atoms with Gasteiger partial charge in [0.2, 0.25) is 0 Å². The first-order chi connectivity index (χ1) is 9.15. The summed E-state index contributed by atoms with van der Waals surface area (Å²) in [6, 6.07) is 8.52. The number of hydrogen-bond acceptors (Lipinski definition) is 2. The van der Waals surface area contributed by atoms with Crippen LogP contribution in [0.1, 0.15) is 29.8 Å². The lowest BCUT2D eigenvalue weighted by atomic mass is 10.0. The Balaban J connectivity index is 1.74. The van der Waals surface area contributed by atoms with E-state index >= 15 is 0 Å². The highest BCUT2D eigenvalue weighted by Gasteiger charge is 2.07. The van der Waals surface area contributed by atoms with Crippen LogP contribution in [0, 0.1) is 6.92 Å². The highest BCUT2D eigenvalue weighted by Crippen LogP contribution is 2.10. The van der Waals surface area contributed by atoms with Gasteiger partial charge in [0.1, 0.15) is 5.82 Å². The van der Waals surface area contributed by atoms with Crippen molar-refractivity contribution in [1.82, 2.24) is 9.55 Å². The zero-order chi connectivity index (χ0) is 13.7. The normalized spacial score (nSPS) is 12.6. The molecule has 1 atom stereocenters. The van der Waals surface area contributed by atoms with E-state index in [4.69, 9.17) is 0 Å². The summed E-state index contributed by atoms with van der Waals surface area (Å²) in [5.41, 5.74) is 2.57. The Labute approximate surface area is 114 Å². The van der Waals surface area contributed by atoms with Crippen molar-refractivity contribution in [2.45, 2.75) is 38.7 Å². The molecule has 0 aliphatic carbocycles. The minimum atomic E-state index is -0.252. The van der Waals surface area contributed by atoms with E-state index in [2.05, 4.69) is 36.2 Å². The van der Waals surface area contributed by atoms with E-state index in [9.17, 15) is 5.11 Å². The molecule has 19 heavy (non-hydrogen) atoms. The van der Waals surface area contributed by atoms with Gasteiger partial charge < -0.3 is 9.67 Å². The quantitative estimate of drug-likeness (QED) is 0.865. The van der Waals surface area contributed by atoms with Crippen molar-refractivity contribution < 1.29 is 5.11 Å². The van der Waals surface area contributed by atoms with Crippen LogP contribution in [0.2, 0.25) is 0 Å². The number of aryl methyl sites for hydroxylation is 4. The van der Waals surface area contributed by atoms with E-state index in [1.165, 1.54) is 11.1 Å². The van der Waals surface area contributed by atoms with Gasteiger partial charge in [-0.2, -0.15) is 0 Å². The monoisotopic (exact) mass is 258 g/mol. The fraction of sp³-hybridized carbons (Fsp3) is 0.438. The summed E-state index contributed by atoms with van der Waals surface area (Å²) < 4.78 is 2.01. The molecule has 0 bridgehead atoms. The Morgan fingerprint density at radius 2 is 1.84 bits per heavy atom. The molecule has 3 nitrogen and oxygen atoms in total. The minimum Gasteiger partial charge on any atom is -0.393 e. The molecule has 0 aliphatic heterocycles. The Morgan fingerprint density at radius 1 is 1.16 bits per heavy atom. The van der Waals surface area contributed by atoms with Gasteiger partial charge in [-0.25, -0.2) is 4.98 Å². The Kier molecular flexibility index (Phi) is 4.74. The smallest absolute Gasteiger partial charge is 0.108 e. The highest BCUT2D eigenvalue weighted by atomic mass is 16.3. The first-order valence-electron chi connectivity index (χ1n) is 6.85. The molecule has 1 heterocycles. The second-order valence-electron chi connectivity index (χ2n) is 5.17. The van der Waals surface area contributed by atoms with Crippen molar-refractivity contribution >= 4 is 0 Å². The van der Waals surface area contributed by atoms with Gasteiger partial charge in [0.05, 0.1) is 6.10 Å². The summed E-state index contributed by atoms with van der Waals surface area (Å²) in [4.78, 5) is 4.27. The van der Waals surface area contributed by atoms with E-state index in [-0.39, 0.29) is 6.10 Å². The second-order valence-corrected chi connectivity index (χ2v) is 5.17. The maximum atomic E-state index is 10.0. The van der Waals surface area contributed by atoms with Crippen molar-refractivity contribution in [2.24, 2.45) is 7.05 Å². The molecular weight excluding hydrogens is 236 g/mol. The Bertz CT molecular complexity index is 502. The third kappa shape index (κ3) is 4.21. The number of aliphatic hydroxyl groups excluding tert-OH is 1. The molecule has 1 unspecified atom stereocenters. The summed E-state index contributed by atoms with van der Waals surface area (Å²) in [6.07, 6.45) is 6.84. The standard InChI is InChI=1S/C16H22N2O/c1-13-3-5-14(6-4-13)7-8-15(19)9-10-16-17-11-12-18(16)2/h3-6,11-12,15,19H,7-10H2,1-2H3. The van der Waals surface area contributed by atoms with Gasteiger partial charge >= 0.3 is 0 Å². The number of benzene rings is 1. The van der Waals surface area contributed by atoms with Crippen molar-refractivity contribution in [2.75, 3.05) is 0 Å². The largest absolute Gasteiger partial charge is 0.393 e. The van der Waals surface area contributed by atoms with Crippen LogP contribution in [0.4, 0.5) is 0 Å². The van der Waals surface area contributed by atoms with Crippen LogP contribution in [0.15, 0.2) is 36.7 Å². The lowest BCUT2D eigenvalue weighted by Crippen LogP contribution is -2.11. The number of hydrogen-bond donors (Lipinski definition) is 1. The molecule has 1 aromatic carbocycles. The molecule has 0 spiro atoms. The minimum absolute atomic E-state index is 0.252. The van der Waals surface area contributed by atoms with E-state index in [0.29, 0.717) is 0 Å². The summed E-state index contributed by atoms with van der Waals surface area (Å²) in [5, 5.41) is 10.0. The third-order valence-corrected chi connectivity index (χ3v) is 3.51. The number of aliphatic hydroxyl groups is 1. The lowest BCUT2D eigenvalue weighted by Gasteiger charge is -2.10. The molecule has 0 fully saturated rings. The van der Waals surface area contributed by atoms with Gasteiger partial charge in [0.25, 0.3) is 0 Å². The van der Waals surface area contributed by atoms with Crippen LogP contribution in [0.25, 0.3) is 0 Å². The van der Waals surface area contributed by atoms with E-state index < -0.39 is 0 Å². The van der Waals surface area contributed by atoms with Crippen molar-refractivity contribution in [1.29, 1.82) is 0 Å². The highest BCUT2D eigenvalue weighted by molar-refractivity contribution is 5.21. The van der Waals surface area contributed by atoms with Crippen LogP contribution in [0.5, 0.6) is 0 Å². The molecule has 0 amide bonds. The topological polar surface area (TPSA) is 38.1 Å². The predicted octanol–water partition coefficient (Wildman–Crippen LogP) is 2.65. The maximum Gasteiger partial charge on any atom is 0.108 e. The van der Waals surface area contributed by atoms with Crippen LogP contribution in [0.3, 0.4) is 0 Å². The molecule has 0 aliphatic rings. The van der Waals surface area contributed by atoms with Crippen molar-refractivity contribution in [3.05, 3.63) is 53.6 Å². The number of imidazole rings is 1. The molecule has 1 aromatic heterocycles. The fourth-order valence-electron chi connectivity index (χ4n) is 2.17. The van der Waals surface area contributed by atoms with Crippen molar-refractivity contribution in [3.63, 3.8) is 0 Å². The van der Waals surface area contributed by atoms with E-state index in [0.717, 1.165) is 31.5 Å². The van der Waals surface area contributed by atoms with E-state index in [1.807, 2.05) is 17.8 Å². The first-order valence-corrected chi connectivity index (χ1v) is 6.85. The predicted molar refractivity (Wildman–Crippen MR) is 77.0 cm³/mol. The number of rotatable bonds is 6. The molecule has 102 valence electrons. The van der Waals surface area contributed by atoms with Crippen LogP contribution in [-0.2, 0) is 19.9 Å². The third-order valence-electron chi connectivity index (χ3n) is 3.51. The summed E-state index contributed by atoms with van der Waals surface area (Å²) in [6.45, 7) is 2.09. The zero-order valence-electron chi connectivity index (χ0n) is 11.7. The first kappa shape index (κ1) is 13.8. The summed E-state index contributed by atoms with van der Waals surface area (Å²) in [7, 11) is 1.99. The molecule has 2 rings (SSSR count). The fourth-order valence-corrected chi connectivity index (χ4v) is 2.17. The Hall–Kier alpha value is -1.61. The molecule has 2 aromatic rings. The molecular formula is C16H22N2O. The number of aromatic nitrogens is 2. The zero-order valence-corrected chi connectivity index (χ0v) is 11.7. The van der Waals surface area contributed by atoms with Crippen LogP contribution >= 0.6 is 0 Å². The average molecular weight is 258 g/mol. The maximum absolute atomic E-state index is 10.0. The van der Waals surface area contributed by atoms with Gasteiger partial charge in [-0.3, -0.25) is 0 Å². The summed E-state index contributed by atoms with van der Waals surface area (Å²) >= 11 is 0. The average Bonchev–Trinajstić information content (AvgIpc) is 2.81. The van der Waals surface area contributed by atoms with Crippen LogP contribution < -0.4 is 0 Å². The van der Waals surface area contributed by atoms with Gasteiger partial charge in [0.15, 0.2) is 0 Å². The molecule has 0 saturated heterocycles. The van der Waals surface area contributed by atoms with Gasteiger partial charge in [-0.1, -0.05) is 29.8 Å². The molecule has 3 heteroatoms. The van der Waals surface area contributed by atoms with Gasteiger partial charge in [-0.05, 0) is 31.7 Å². The Morgan fingerprint density at radius 3 is 2.47 bits per heavy atom.